The molecule has 1 heterocycles. The van der Waals surface area contributed by atoms with Crippen LogP contribution in [0.3, 0.4) is 0 Å². The molecule has 0 spiro atoms. The molecule has 0 fully saturated rings. The molecule has 3 heteroatoms. The van der Waals surface area contributed by atoms with Crippen LogP contribution in [-0.2, 0) is 4.74 Å². The minimum absolute atomic E-state index is 0.155. The van der Waals surface area contributed by atoms with Crippen molar-refractivity contribution in [3.63, 3.8) is 0 Å². The maximum absolute atomic E-state index is 10.00. The van der Waals surface area contributed by atoms with Crippen LogP contribution in [0.25, 0.3) is 0 Å². The Morgan fingerprint density at radius 1 is 1.57 bits per heavy atom. The highest BCUT2D eigenvalue weighted by molar-refractivity contribution is 5.24. The second kappa shape index (κ2) is 5.08. The lowest BCUT2D eigenvalue weighted by molar-refractivity contribution is -0.0153. The minimum Gasteiger partial charge on any atom is -0.386 e. The lowest BCUT2D eigenvalue weighted by Crippen LogP contribution is -2.20. The molecule has 14 heavy (non-hydrogen) atoms. The maximum atomic E-state index is 10.00. The Morgan fingerprint density at radius 2 is 2.29 bits per heavy atom. The van der Waals surface area contributed by atoms with Crippen LogP contribution in [0, 0.1) is 6.92 Å². The first kappa shape index (κ1) is 11.1. The van der Waals surface area contributed by atoms with Gasteiger partial charge in [-0.3, -0.25) is 4.98 Å². The Morgan fingerprint density at radius 3 is 2.79 bits per heavy atom. The van der Waals surface area contributed by atoms with Gasteiger partial charge in [0, 0.05) is 25.1 Å². The van der Waals surface area contributed by atoms with Crippen LogP contribution in [0.4, 0.5) is 0 Å². The summed E-state index contributed by atoms with van der Waals surface area (Å²) in [6.07, 6.45) is 3.46. The molecule has 0 saturated heterocycles. The molecule has 1 aromatic heterocycles. The van der Waals surface area contributed by atoms with Crippen LogP contribution in [0.15, 0.2) is 18.5 Å². The summed E-state index contributed by atoms with van der Waals surface area (Å²) in [4.78, 5) is 4.00. The number of aromatic nitrogens is 1. The summed E-state index contributed by atoms with van der Waals surface area (Å²) in [6, 6.07) is 1.89. The Kier molecular flexibility index (Phi) is 4.04. The van der Waals surface area contributed by atoms with E-state index in [1.165, 1.54) is 0 Å². The van der Waals surface area contributed by atoms with Crippen LogP contribution < -0.4 is 0 Å². The first-order valence-corrected chi connectivity index (χ1v) is 4.82. The molecular weight excluding hydrogens is 178 g/mol. The van der Waals surface area contributed by atoms with Crippen molar-refractivity contribution in [1.82, 2.24) is 4.98 Å². The predicted molar refractivity (Wildman–Crippen MR) is 55.0 cm³/mol. The molecule has 0 amide bonds. The fraction of sp³-hybridized carbons (Fsp3) is 0.545. The first-order valence-electron chi connectivity index (χ1n) is 4.82. The standard InChI is InChI=1S/C11H17NO2/c1-4-10(14-3)11(13)9-7-12-6-5-8(9)2/h5-7,10-11,13H,4H2,1-3H3. The molecule has 0 aliphatic rings. The van der Waals surface area contributed by atoms with Crippen LogP contribution in [0.1, 0.15) is 30.6 Å². The van der Waals surface area contributed by atoms with Gasteiger partial charge in [0.15, 0.2) is 0 Å². The van der Waals surface area contributed by atoms with Gasteiger partial charge < -0.3 is 9.84 Å². The summed E-state index contributed by atoms with van der Waals surface area (Å²) in [5.74, 6) is 0. The zero-order chi connectivity index (χ0) is 10.6. The van der Waals surface area contributed by atoms with E-state index in [1.54, 1.807) is 19.5 Å². The molecule has 1 N–H and O–H groups in total. The SMILES string of the molecule is CCC(OC)C(O)c1cnccc1C. The zero-order valence-corrected chi connectivity index (χ0v) is 8.90. The molecule has 3 nitrogen and oxygen atoms in total. The quantitative estimate of drug-likeness (QED) is 0.797. The molecule has 1 aromatic rings. The number of rotatable bonds is 4. The molecule has 0 aliphatic carbocycles. The van der Waals surface area contributed by atoms with Crippen molar-refractivity contribution < 1.29 is 9.84 Å². The van der Waals surface area contributed by atoms with Gasteiger partial charge in [-0.1, -0.05) is 6.92 Å². The number of nitrogens with zero attached hydrogens (tertiary/aromatic N) is 1. The third-order valence-electron chi connectivity index (χ3n) is 2.46. The highest BCUT2D eigenvalue weighted by Gasteiger charge is 2.20. The van der Waals surface area contributed by atoms with Crippen LogP contribution in [-0.4, -0.2) is 23.3 Å². The molecule has 0 aliphatic heterocycles. The smallest absolute Gasteiger partial charge is 0.107 e. The van der Waals surface area contributed by atoms with Gasteiger partial charge in [-0.15, -0.1) is 0 Å². The number of aliphatic hydroxyl groups is 1. The molecule has 2 unspecified atom stereocenters. The number of methoxy groups -OCH3 is 1. The molecule has 78 valence electrons. The summed E-state index contributed by atoms with van der Waals surface area (Å²) in [5.41, 5.74) is 1.89. The molecule has 2 atom stereocenters. The summed E-state index contributed by atoms with van der Waals surface area (Å²) in [5, 5.41) is 10.00. The lowest BCUT2D eigenvalue weighted by Gasteiger charge is -2.21. The fourth-order valence-corrected chi connectivity index (χ4v) is 1.50. The number of hydrogen-bond donors (Lipinski definition) is 1. The number of hydrogen-bond acceptors (Lipinski definition) is 3. The van der Waals surface area contributed by atoms with E-state index in [2.05, 4.69) is 4.98 Å². The van der Waals surface area contributed by atoms with Gasteiger partial charge in [-0.05, 0) is 25.0 Å². The lowest BCUT2D eigenvalue weighted by atomic mass is 10.0. The summed E-state index contributed by atoms with van der Waals surface area (Å²) < 4.78 is 5.19. The highest BCUT2D eigenvalue weighted by atomic mass is 16.5. The van der Waals surface area contributed by atoms with Crippen LogP contribution in [0.2, 0.25) is 0 Å². The predicted octanol–water partition coefficient (Wildman–Crippen LogP) is 1.85. The van der Waals surface area contributed by atoms with E-state index >= 15 is 0 Å². The molecule has 0 aromatic carbocycles. The van der Waals surface area contributed by atoms with Gasteiger partial charge in [-0.2, -0.15) is 0 Å². The second-order valence-electron chi connectivity index (χ2n) is 3.36. The van der Waals surface area contributed by atoms with Crippen molar-refractivity contribution in [2.24, 2.45) is 0 Å². The average Bonchev–Trinajstić information content (AvgIpc) is 2.20. The number of aliphatic hydroxyl groups excluding tert-OH is 1. The molecule has 0 bridgehead atoms. The van der Waals surface area contributed by atoms with Crippen molar-refractivity contribution in [3.05, 3.63) is 29.6 Å². The van der Waals surface area contributed by atoms with Crippen LogP contribution >= 0.6 is 0 Å². The third-order valence-corrected chi connectivity index (χ3v) is 2.46. The topological polar surface area (TPSA) is 42.4 Å². The third kappa shape index (κ3) is 2.30. The molecule has 1 rings (SSSR count). The largest absolute Gasteiger partial charge is 0.386 e. The van der Waals surface area contributed by atoms with Gasteiger partial charge in [0.1, 0.15) is 6.10 Å². The van der Waals surface area contributed by atoms with Gasteiger partial charge in [0.2, 0.25) is 0 Å². The minimum atomic E-state index is -0.585. The number of ether oxygens (including phenoxy) is 1. The van der Waals surface area contributed by atoms with Gasteiger partial charge >= 0.3 is 0 Å². The number of pyridine rings is 1. The molecule has 0 radical (unpaired) electrons. The second-order valence-corrected chi connectivity index (χ2v) is 3.36. The van der Waals surface area contributed by atoms with E-state index in [1.807, 2.05) is 19.9 Å². The Hall–Kier alpha value is -0.930. The van der Waals surface area contributed by atoms with Crippen molar-refractivity contribution in [1.29, 1.82) is 0 Å². The van der Waals surface area contributed by atoms with Crippen molar-refractivity contribution in [2.75, 3.05) is 7.11 Å². The van der Waals surface area contributed by atoms with E-state index in [0.29, 0.717) is 0 Å². The summed E-state index contributed by atoms with van der Waals surface area (Å²) in [6.45, 7) is 3.95. The Labute approximate surface area is 84.7 Å². The van der Waals surface area contributed by atoms with Crippen molar-refractivity contribution in [2.45, 2.75) is 32.5 Å². The van der Waals surface area contributed by atoms with Crippen molar-refractivity contribution >= 4 is 0 Å². The highest BCUT2D eigenvalue weighted by Crippen LogP contribution is 2.22. The van der Waals surface area contributed by atoms with E-state index in [0.717, 1.165) is 17.5 Å². The molecule has 0 saturated carbocycles. The Bertz CT molecular complexity index is 284. The van der Waals surface area contributed by atoms with Crippen LogP contribution in [0.5, 0.6) is 0 Å². The van der Waals surface area contributed by atoms with E-state index in [4.69, 9.17) is 4.74 Å². The van der Waals surface area contributed by atoms with Gasteiger partial charge in [-0.25, -0.2) is 0 Å². The monoisotopic (exact) mass is 195 g/mol. The number of aryl methyl sites for hydroxylation is 1. The Balaban J connectivity index is 2.88. The van der Waals surface area contributed by atoms with Gasteiger partial charge in [0.05, 0.1) is 6.10 Å². The summed E-state index contributed by atoms with van der Waals surface area (Å²) >= 11 is 0. The van der Waals surface area contributed by atoms with Gasteiger partial charge in [0.25, 0.3) is 0 Å². The maximum Gasteiger partial charge on any atom is 0.107 e. The first-order chi connectivity index (χ1) is 6.70. The zero-order valence-electron chi connectivity index (χ0n) is 8.90. The van der Waals surface area contributed by atoms with Crippen molar-refractivity contribution in [3.8, 4) is 0 Å². The molecular formula is C11H17NO2. The average molecular weight is 195 g/mol. The van der Waals surface area contributed by atoms with E-state index < -0.39 is 6.10 Å². The fourth-order valence-electron chi connectivity index (χ4n) is 1.50. The van der Waals surface area contributed by atoms with E-state index in [9.17, 15) is 5.11 Å². The normalized spacial score (nSPS) is 15.1. The summed E-state index contributed by atoms with van der Waals surface area (Å²) in [7, 11) is 1.61. The van der Waals surface area contributed by atoms with E-state index in [-0.39, 0.29) is 6.10 Å².